The Morgan fingerprint density at radius 3 is 1.08 bits per heavy atom. The maximum absolute atomic E-state index is 10.3. The van der Waals surface area contributed by atoms with Gasteiger partial charge >= 0.3 is 0 Å². The molecular weight excluding hydrogens is 156 g/mol. The van der Waals surface area contributed by atoms with E-state index in [1.165, 1.54) is 0 Å². The second-order valence-electron chi connectivity index (χ2n) is 3.15. The van der Waals surface area contributed by atoms with Crippen molar-refractivity contribution < 1.29 is 14.4 Å². The summed E-state index contributed by atoms with van der Waals surface area (Å²) >= 11 is 0. The lowest BCUT2D eigenvalue weighted by molar-refractivity contribution is 0.312. The van der Waals surface area contributed by atoms with Crippen molar-refractivity contribution in [1.29, 1.82) is 0 Å². The van der Waals surface area contributed by atoms with E-state index in [9.17, 15) is 14.4 Å². The van der Waals surface area contributed by atoms with E-state index in [-0.39, 0.29) is 17.8 Å². The second-order valence-corrected chi connectivity index (χ2v) is 3.15. The molecule has 0 aromatic carbocycles. The molecule has 0 N–H and O–H groups in total. The Kier molecular flexibility index (Phi) is 3.14. The third kappa shape index (κ3) is 2.00. The van der Waals surface area contributed by atoms with Crippen LogP contribution in [-0.2, 0) is 14.4 Å². The molecule has 0 amide bonds. The summed E-state index contributed by atoms with van der Waals surface area (Å²) in [6.45, 7) is 0. The van der Waals surface area contributed by atoms with Gasteiger partial charge in [0.2, 0.25) is 18.9 Å². The Balaban J connectivity index is 2.57. The maximum Gasteiger partial charge on any atom is 0.201 e. The van der Waals surface area contributed by atoms with E-state index in [1.807, 2.05) is 18.9 Å². The molecule has 0 aromatic heterocycles. The van der Waals surface area contributed by atoms with E-state index in [1.54, 1.807) is 0 Å². The molecule has 0 bridgehead atoms. The van der Waals surface area contributed by atoms with Crippen molar-refractivity contribution in [2.24, 2.45) is 17.8 Å². The lowest BCUT2D eigenvalue weighted by Gasteiger charge is -2.24. The Hall–Kier alpha value is -0.990. The van der Waals surface area contributed by atoms with Crippen LogP contribution in [0.5, 0.6) is 0 Å². The van der Waals surface area contributed by atoms with Crippen LogP contribution in [0.25, 0.3) is 0 Å². The lowest BCUT2D eigenvalue weighted by atomic mass is 9.77. The Morgan fingerprint density at radius 1 is 0.667 bits per heavy atom. The van der Waals surface area contributed by atoms with Crippen LogP contribution in [0.2, 0.25) is 0 Å². The van der Waals surface area contributed by atoms with E-state index in [4.69, 9.17) is 0 Å². The largest absolute Gasteiger partial charge is 0.291 e. The molecular formula is C9H9O3. The zero-order valence-electron chi connectivity index (χ0n) is 6.58. The third-order valence-electron chi connectivity index (χ3n) is 2.21. The first-order valence-corrected chi connectivity index (χ1v) is 3.93. The summed E-state index contributed by atoms with van der Waals surface area (Å²) in [6.07, 6.45) is 6.95. The predicted molar refractivity (Wildman–Crippen MR) is 41.4 cm³/mol. The SMILES string of the molecule is O=[C]C1CC([C]=O)CC([C]=O)C1. The number of carbonyl (C=O) groups excluding carboxylic acids is 3. The molecule has 0 saturated heterocycles. The molecule has 3 radical (unpaired) electrons. The maximum atomic E-state index is 10.3. The van der Waals surface area contributed by atoms with Gasteiger partial charge in [-0.2, -0.15) is 0 Å². The van der Waals surface area contributed by atoms with Crippen molar-refractivity contribution in [3.8, 4) is 0 Å². The predicted octanol–water partition coefficient (Wildman–Crippen LogP) is 0.348. The van der Waals surface area contributed by atoms with Gasteiger partial charge in [0.25, 0.3) is 0 Å². The molecule has 12 heavy (non-hydrogen) atoms. The Bertz CT molecular complexity index is 149. The molecule has 3 nitrogen and oxygen atoms in total. The number of rotatable bonds is 3. The summed E-state index contributed by atoms with van der Waals surface area (Å²) in [5.41, 5.74) is 0. The minimum atomic E-state index is -0.281. The minimum absolute atomic E-state index is 0.281. The molecule has 0 heterocycles. The summed E-state index contributed by atoms with van der Waals surface area (Å²) < 4.78 is 0. The van der Waals surface area contributed by atoms with Gasteiger partial charge in [0.15, 0.2) is 0 Å². The van der Waals surface area contributed by atoms with Gasteiger partial charge in [-0.15, -0.1) is 0 Å². The first-order valence-electron chi connectivity index (χ1n) is 3.93. The normalized spacial score (nSPS) is 35.5. The van der Waals surface area contributed by atoms with Crippen molar-refractivity contribution in [3.63, 3.8) is 0 Å². The molecule has 1 aliphatic carbocycles. The van der Waals surface area contributed by atoms with E-state index >= 15 is 0 Å². The number of hydrogen-bond donors (Lipinski definition) is 0. The zero-order chi connectivity index (χ0) is 8.97. The fourth-order valence-corrected chi connectivity index (χ4v) is 1.61. The average Bonchev–Trinajstić information content (AvgIpc) is 2.16. The van der Waals surface area contributed by atoms with E-state index < -0.39 is 0 Å². The van der Waals surface area contributed by atoms with Crippen molar-refractivity contribution >= 4 is 18.9 Å². The molecule has 0 aromatic rings. The van der Waals surface area contributed by atoms with Crippen LogP contribution in [-0.4, -0.2) is 18.9 Å². The summed E-state index contributed by atoms with van der Waals surface area (Å²) in [5, 5.41) is 0. The highest BCUT2D eigenvalue weighted by molar-refractivity contribution is 5.64. The van der Waals surface area contributed by atoms with Gasteiger partial charge in [-0.1, -0.05) is 0 Å². The van der Waals surface area contributed by atoms with E-state index in [2.05, 4.69) is 0 Å². The van der Waals surface area contributed by atoms with Crippen LogP contribution in [0.4, 0.5) is 0 Å². The van der Waals surface area contributed by atoms with Gasteiger partial charge in [-0.3, -0.25) is 14.4 Å². The van der Waals surface area contributed by atoms with Gasteiger partial charge in [0, 0.05) is 17.8 Å². The summed E-state index contributed by atoms with van der Waals surface area (Å²) in [7, 11) is 0. The smallest absolute Gasteiger partial charge is 0.201 e. The fraction of sp³-hybridized carbons (Fsp3) is 0.667. The quantitative estimate of drug-likeness (QED) is 0.606. The van der Waals surface area contributed by atoms with Gasteiger partial charge < -0.3 is 0 Å². The monoisotopic (exact) mass is 165 g/mol. The topological polar surface area (TPSA) is 51.2 Å². The Labute approximate surface area is 71.1 Å². The van der Waals surface area contributed by atoms with E-state index in [0.29, 0.717) is 19.3 Å². The summed E-state index contributed by atoms with van der Waals surface area (Å²) in [4.78, 5) is 30.9. The van der Waals surface area contributed by atoms with Crippen LogP contribution in [0.3, 0.4) is 0 Å². The Morgan fingerprint density at radius 2 is 0.917 bits per heavy atom. The van der Waals surface area contributed by atoms with Crippen molar-refractivity contribution in [2.45, 2.75) is 19.3 Å². The minimum Gasteiger partial charge on any atom is -0.291 e. The molecule has 3 heteroatoms. The first kappa shape index (κ1) is 9.10. The van der Waals surface area contributed by atoms with E-state index in [0.717, 1.165) is 0 Å². The lowest BCUT2D eigenvalue weighted by Crippen LogP contribution is -2.25. The van der Waals surface area contributed by atoms with Crippen LogP contribution in [0.15, 0.2) is 0 Å². The highest BCUT2D eigenvalue weighted by Gasteiger charge is 2.29. The zero-order valence-corrected chi connectivity index (χ0v) is 6.58. The molecule has 1 fully saturated rings. The molecule has 0 aliphatic heterocycles. The number of hydrogen-bond acceptors (Lipinski definition) is 3. The van der Waals surface area contributed by atoms with Crippen LogP contribution in [0, 0.1) is 17.8 Å². The molecule has 63 valence electrons. The summed E-state index contributed by atoms with van der Waals surface area (Å²) in [6, 6.07) is 0. The molecule has 0 spiro atoms. The van der Waals surface area contributed by atoms with Gasteiger partial charge in [-0.05, 0) is 19.3 Å². The molecule has 1 aliphatic rings. The second kappa shape index (κ2) is 4.14. The van der Waals surface area contributed by atoms with Crippen LogP contribution in [0.1, 0.15) is 19.3 Å². The van der Waals surface area contributed by atoms with Crippen molar-refractivity contribution in [1.82, 2.24) is 0 Å². The van der Waals surface area contributed by atoms with Gasteiger partial charge in [0.05, 0.1) is 0 Å². The highest BCUT2D eigenvalue weighted by Crippen LogP contribution is 2.29. The highest BCUT2D eigenvalue weighted by atomic mass is 16.1. The molecule has 0 atom stereocenters. The summed E-state index contributed by atoms with van der Waals surface area (Å²) in [5.74, 6) is -0.843. The standard InChI is InChI=1S/C9H9O3/c10-4-7-1-8(5-11)3-9(2-7)6-12/h7-9H,1-3H2. The van der Waals surface area contributed by atoms with Crippen molar-refractivity contribution in [3.05, 3.63) is 0 Å². The van der Waals surface area contributed by atoms with Crippen molar-refractivity contribution in [2.75, 3.05) is 0 Å². The van der Waals surface area contributed by atoms with Crippen LogP contribution >= 0.6 is 0 Å². The third-order valence-corrected chi connectivity index (χ3v) is 2.21. The van der Waals surface area contributed by atoms with Gasteiger partial charge in [0.1, 0.15) is 0 Å². The van der Waals surface area contributed by atoms with Crippen LogP contribution < -0.4 is 0 Å². The molecule has 1 saturated carbocycles. The first-order chi connectivity index (χ1) is 5.80. The molecule has 0 unspecified atom stereocenters. The fourth-order valence-electron chi connectivity index (χ4n) is 1.61. The average molecular weight is 165 g/mol. The molecule has 1 rings (SSSR count). The van der Waals surface area contributed by atoms with Gasteiger partial charge in [-0.25, -0.2) is 0 Å².